The minimum atomic E-state index is -5.39. The van der Waals surface area contributed by atoms with Crippen LogP contribution in [-0.4, -0.2) is 111 Å². The molecule has 0 N–H and O–H groups in total. The Morgan fingerprint density at radius 1 is 0.299 bits per heavy atom. The highest BCUT2D eigenvalue weighted by atomic mass is 31.2. The smallest absolute Gasteiger partial charge is 0.389 e. The first-order valence-electron chi connectivity index (χ1n) is 31.4. The first kappa shape index (κ1) is 82.8. The number of hydrogen-bond acceptors (Lipinski definition) is 4. The molecule has 0 aromatic heterocycles. The normalized spacial score (nSPS) is 14.0. The van der Waals surface area contributed by atoms with Crippen LogP contribution in [0.1, 0.15) is 276 Å². The molecule has 0 rings (SSSR count). The number of phosphoric acid groups is 1. The van der Waals surface area contributed by atoms with Gasteiger partial charge in [-0.2, -0.15) is 47.3 Å². The molecule has 0 saturated heterocycles. The predicted octanol–water partition coefficient (Wildman–Crippen LogP) is 18.1. The van der Waals surface area contributed by atoms with Gasteiger partial charge in [0.15, 0.2) is 0 Å². The summed E-state index contributed by atoms with van der Waals surface area (Å²) in [5.41, 5.74) is 0. The summed E-state index contributed by atoms with van der Waals surface area (Å²) in [5.74, 6) is -0.596. The second-order valence-corrected chi connectivity index (χ2v) is 23.9. The molecule has 0 radical (unpaired) electrons. The van der Waals surface area contributed by atoms with Crippen molar-refractivity contribution in [2.75, 3.05) is 78.5 Å². The van der Waals surface area contributed by atoms with Gasteiger partial charge in [0, 0.05) is 19.3 Å². The molecule has 0 fully saturated rings. The van der Waals surface area contributed by atoms with Crippen molar-refractivity contribution in [3.05, 3.63) is 0 Å². The molecule has 0 aliphatic heterocycles. The molecule has 77 heavy (non-hydrogen) atoms. The second-order valence-electron chi connectivity index (χ2n) is 23.0. The Hall–Kier alpha value is -0.640. The fourth-order valence-electron chi connectivity index (χ4n) is 10.9. The number of halogens is 9. The molecule has 3 unspecified atom stereocenters. The lowest BCUT2D eigenvalue weighted by Gasteiger charge is -2.39. The summed E-state index contributed by atoms with van der Waals surface area (Å²) in [5, 5.41) is 0. The van der Waals surface area contributed by atoms with E-state index in [-0.39, 0.29) is 17.8 Å². The van der Waals surface area contributed by atoms with E-state index in [4.69, 9.17) is 19.2 Å². The van der Waals surface area contributed by atoms with Crippen LogP contribution >= 0.6 is 7.82 Å². The summed E-state index contributed by atoms with van der Waals surface area (Å²) in [6.45, 7) is 39.7. The Bertz CT molecular complexity index is 1110. The lowest BCUT2D eigenvalue weighted by Crippen LogP contribution is -2.50. The Labute approximate surface area is 469 Å². The van der Waals surface area contributed by atoms with Crippen LogP contribution < -0.4 is 14.7 Å². The molecule has 0 amide bonds. The SMILES string of the molecule is CCCC[N+](CCCC)(CCCC)CCCC(CC)CC(F)(F)F.CCCC[N+](CCCC)(CCCC)CCCC(CC)CC(F)(F)F.CCCC[N+](CCCC)(CCCC)CCCC(CC)CC(F)(F)F.O=P([O-])([O-])[O-]. The maximum atomic E-state index is 12.6. The van der Waals surface area contributed by atoms with E-state index in [2.05, 4.69) is 62.3 Å². The van der Waals surface area contributed by atoms with Gasteiger partial charge < -0.3 is 32.7 Å². The molecule has 7 nitrogen and oxygen atoms in total. The summed E-state index contributed by atoms with van der Waals surface area (Å²) < 4.78 is 126. The van der Waals surface area contributed by atoms with Gasteiger partial charge in [-0.15, -0.1) is 0 Å². The zero-order valence-electron chi connectivity index (χ0n) is 51.8. The van der Waals surface area contributed by atoms with Crippen molar-refractivity contribution < 1.29 is 72.2 Å². The maximum Gasteiger partial charge on any atom is 0.389 e. The van der Waals surface area contributed by atoms with Gasteiger partial charge in [-0.05, 0) is 114 Å². The van der Waals surface area contributed by atoms with Gasteiger partial charge in [0.05, 0.1) is 78.5 Å². The Balaban J connectivity index is -0.000000495. The third-order valence-corrected chi connectivity index (χ3v) is 15.9. The van der Waals surface area contributed by atoms with Crippen molar-refractivity contribution in [2.45, 2.75) is 294 Å². The van der Waals surface area contributed by atoms with E-state index in [9.17, 15) is 39.5 Å². The van der Waals surface area contributed by atoms with E-state index in [1.807, 2.05) is 20.8 Å². The minimum Gasteiger partial charge on any atom is -0.822 e. The van der Waals surface area contributed by atoms with Crippen LogP contribution in [0.4, 0.5) is 39.5 Å². The summed E-state index contributed by atoms with van der Waals surface area (Å²) in [6.07, 6.45) is 14.9. The largest absolute Gasteiger partial charge is 0.822 e. The lowest BCUT2D eigenvalue weighted by molar-refractivity contribution is -0.929. The Morgan fingerprint density at radius 2 is 0.429 bits per heavy atom. The molecule has 0 aliphatic rings. The Morgan fingerprint density at radius 3 is 0.532 bits per heavy atom. The average Bonchev–Trinajstić information content (AvgIpc) is 3.35. The zero-order chi connectivity index (χ0) is 59.9. The third-order valence-electron chi connectivity index (χ3n) is 15.9. The molecule has 0 spiro atoms. The van der Waals surface area contributed by atoms with Gasteiger partial charge in [0.1, 0.15) is 0 Å². The number of rotatable bonds is 45. The van der Waals surface area contributed by atoms with E-state index in [1.165, 1.54) is 174 Å². The van der Waals surface area contributed by atoms with Crippen LogP contribution in [0, 0.1) is 17.8 Å². The Kier molecular flexibility index (Phi) is 52.5. The van der Waals surface area contributed by atoms with E-state index in [1.54, 1.807) is 0 Å². The highest BCUT2D eigenvalue weighted by molar-refractivity contribution is 7.40. The van der Waals surface area contributed by atoms with Crippen LogP contribution in [-0.2, 0) is 4.57 Å². The molecule has 470 valence electrons. The van der Waals surface area contributed by atoms with Crippen LogP contribution in [0.5, 0.6) is 0 Å². The molecular weight excluding hydrogens is 1030 g/mol. The van der Waals surface area contributed by atoms with Crippen LogP contribution in [0.2, 0.25) is 0 Å². The number of alkyl halides is 9. The topological polar surface area (TPSA) is 86.2 Å². The van der Waals surface area contributed by atoms with Crippen molar-refractivity contribution in [1.82, 2.24) is 0 Å². The van der Waals surface area contributed by atoms with Gasteiger partial charge in [0.25, 0.3) is 0 Å². The summed E-state index contributed by atoms with van der Waals surface area (Å²) in [7, 11) is -5.39. The number of nitrogens with zero attached hydrogens (tertiary/aromatic N) is 3. The number of hydrogen-bond donors (Lipinski definition) is 0. The van der Waals surface area contributed by atoms with Crippen molar-refractivity contribution in [1.29, 1.82) is 0 Å². The summed E-state index contributed by atoms with van der Waals surface area (Å²) in [6, 6.07) is 0. The van der Waals surface area contributed by atoms with E-state index in [0.717, 1.165) is 71.6 Å². The van der Waals surface area contributed by atoms with E-state index in [0.29, 0.717) is 19.3 Å². The average molecular weight is 1150 g/mol. The fourth-order valence-corrected chi connectivity index (χ4v) is 10.9. The molecule has 3 atom stereocenters. The monoisotopic (exact) mass is 1150 g/mol. The molecular formula is C60H123F9N3O4P. The zero-order valence-corrected chi connectivity index (χ0v) is 52.6. The molecule has 0 aliphatic carbocycles. The molecule has 0 bridgehead atoms. The number of quaternary nitrogens is 3. The lowest BCUT2D eigenvalue weighted by atomic mass is 9.95. The third kappa shape index (κ3) is 54.4. The van der Waals surface area contributed by atoms with E-state index >= 15 is 0 Å². The van der Waals surface area contributed by atoms with Gasteiger partial charge in [-0.1, -0.05) is 160 Å². The second kappa shape index (κ2) is 48.8. The van der Waals surface area contributed by atoms with Crippen molar-refractivity contribution >= 4 is 7.82 Å². The van der Waals surface area contributed by atoms with Gasteiger partial charge >= 0.3 is 18.5 Å². The van der Waals surface area contributed by atoms with Crippen molar-refractivity contribution in [2.24, 2.45) is 17.8 Å². The summed E-state index contributed by atoms with van der Waals surface area (Å²) in [4.78, 5) is 25.6. The van der Waals surface area contributed by atoms with Gasteiger partial charge in [-0.3, -0.25) is 0 Å². The number of unbranched alkanes of at least 4 members (excludes halogenated alkanes) is 9. The van der Waals surface area contributed by atoms with E-state index < -0.39 is 45.6 Å². The molecule has 0 heterocycles. The molecule has 0 aromatic carbocycles. The van der Waals surface area contributed by atoms with Crippen LogP contribution in [0.25, 0.3) is 0 Å². The first-order chi connectivity index (χ1) is 36.0. The van der Waals surface area contributed by atoms with Crippen molar-refractivity contribution in [3.8, 4) is 0 Å². The minimum absolute atomic E-state index is 0.199. The molecule has 0 aromatic rings. The van der Waals surface area contributed by atoms with Crippen molar-refractivity contribution in [3.63, 3.8) is 0 Å². The standard InChI is InChI=1S/3C20H41F3N.H3O4P/c3*1-5-9-14-24(15-10-6-2,16-11-7-3)17-12-13-19(8-4)18-20(21,22)23;1-5(2,3)4/h3*19H,5-18H2,1-4H3;(H3,1,2,3,4)/q3*+1;/p-3. The highest BCUT2D eigenvalue weighted by Gasteiger charge is 2.35. The summed E-state index contributed by atoms with van der Waals surface area (Å²) >= 11 is 0. The first-order valence-corrected chi connectivity index (χ1v) is 32.9. The van der Waals surface area contributed by atoms with Gasteiger partial charge in [-0.25, -0.2) is 0 Å². The molecule has 0 saturated carbocycles. The van der Waals surface area contributed by atoms with Crippen LogP contribution in [0.3, 0.4) is 0 Å². The van der Waals surface area contributed by atoms with Gasteiger partial charge in [0.2, 0.25) is 0 Å². The highest BCUT2D eigenvalue weighted by Crippen LogP contribution is 2.33. The maximum absolute atomic E-state index is 12.6. The van der Waals surface area contributed by atoms with Crippen LogP contribution in [0.15, 0.2) is 0 Å². The molecule has 17 heteroatoms. The fraction of sp³-hybridized carbons (Fsp3) is 1.00. The predicted molar refractivity (Wildman–Crippen MR) is 302 cm³/mol. The quantitative estimate of drug-likeness (QED) is 0.0345.